The number of carbonyl (C=O) groups is 1. The fourth-order valence-electron chi connectivity index (χ4n) is 9.48. The summed E-state index contributed by atoms with van der Waals surface area (Å²) in [6, 6.07) is 30.5. The SMILES string of the molecule is CN1CCN(c2ccc(-c3ccc(C(=O)NS(=O)(=O)c4ccc(NCC5CCOCC5)c([N+](=O)[O-])c4)c(N4CCCOc5nc6[nH]ccc6cc54)c3)cc2)C(c2ccccc2C2CC2)C1. The van der Waals surface area contributed by atoms with Crippen LogP contribution in [0.25, 0.3) is 22.2 Å². The monoisotopic (exact) mass is 896 g/mol. The summed E-state index contributed by atoms with van der Waals surface area (Å²) in [5, 5.41) is 16.2. The molecule has 3 N–H and O–H groups in total. The van der Waals surface area contributed by atoms with Gasteiger partial charge in [-0.15, -0.1) is 0 Å². The van der Waals surface area contributed by atoms with Crippen LogP contribution in [-0.2, 0) is 14.8 Å². The largest absolute Gasteiger partial charge is 0.476 e. The van der Waals surface area contributed by atoms with Crippen LogP contribution in [0, 0.1) is 16.0 Å². The minimum atomic E-state index is -4.58. The second-order valence-electron chi connectivity index (χ2n) is 17.5. The Kier molecular flexibility index (Phi) is 11.6. The quantitative estimate of drug-likeness (QED) is 0.0792. The van der Waals surface area contributed by atoms with Crippen LogP contribution >= 0.6 is 0 Å². The number of ether oxygens (including phenoxy) is 2. The maximum absolute atomic E-state index is 14.4. The zero-order chi connectivity index (χ0) is 44.7. The van der Waals surface area contributed by atoms with Crippen LogP contribution in [0.2, 0.25) is 0 Å². The number of piperazine rings is 1. The van der Waals surface area contributed by atoms with Crippen molar-refractivity contribution in [1.82, 2.24) is 19.6 Å². The van der Waals surface area contributed by atoms with Gasteiger partial charge in [-0.25, -0.2) is 13.1 Å². The Balaban J connectivity index is 0.977. The van der Waals surface area contributed by atoms with Crippen molar-refractivity contribution in [1.29, 1.82) is 0 Å². The third kappa shape index (κ3) is 8.85. The van der Waals surface area contributed by atoms with Crippen molar-refractivity contribution < 1.29 is 27.6 Å². The van der Waals surface area contributed by atoms with Crippen molar-refractivity contribution in [2.24, 2.45) is 5.92 Å². The van der Waals surface area contributed by atoms with Gasteiger partial charge in [0.15, 0.2) is 0 Å². The van der Waals surface area contributed by atoms with E-state index in [2.05, 4.69) is 80.4 Å². The van der Waals surface area contributed by atoms with Crippen molar-refractivity contribution in [3.8, 4) is 17.0 Å². The molecule has 3 fully saturated rings. The molecule has 6 aromatic rings. The summed E-state index contributed by atoms with van der Waals surface area (Å²) in [5.41, 5.74) is 7.35. The predicted octanol–water partition coefficient (Wildman–Crippen LogP) is 8.39. The van der Waals surface area contributed by atoms with E-state index in [0.717, 1.165) is 60.7 Å². The zero-order valence-electron chi connectivity index (χ0n) is 36.2. The van der Waals surface area contributed by atoms with Gasteiger partial charge in [0.1, 0.15) is 17.0 Å². The summed E-state index contributed by atoms with van der Waals surface area (Å²) in [6.07, 6.45) is 6.52. The number of sulfonamides is 1. The molecule has 2 aromatic heterocycles. The maximum Gasteiger partial charge on any atom is 0.293 e. The first-order valence-corrected chi connectivity index (χ1v) is 23.9. The van der Waals surface area contributed by atoms with Crippen LogP contribution in [-0.4, -0.2) is 93.7 Å². The van der Waals surface area contributed by atoms with Crippen molar-refractivity contribution in [3.63, 3.8) is 0 Å². The average Bonchev–Trinajstić information content (AvgIpc) is 4.11. The summed E-state index contributed by atoms with van der Waals surface area (Å²) >= 11 is 0. The number of nitrogens with one attached hydrogen (secondary N) is 3. The van der Waals surface area contributed by atoms with E-state index in [-0.39, 0.29) is 23.2 Å². The van der Waals surface area contributed by atoms with Crippen molar-refractivity contribution in [2.45, 2.75) is 49.0 Å². The summed E-state index contributed by atoms with van der Waals surface area (Å²) in [4.78, 5) is 40.4. The number of aromatic amines is 1. The van der Waals surface area contributed by atoms with Gasteiger partial charge >= 0.3 is 0 Å². The number of carbonyl (C=O) groups excluding carboxylic acids is 1. The molecular formula is C49H52N8O7S. The first kappa shape index (κ1) is 42.5. The molecule has 1 aliphatic carbocycles. The normalized spacial score (nSPS) is 18.4. The topological polar surface area (TPSA) is 175 Å². The Morgan fingerprint density at radius 3 is 2.45 bits per heavy atom. The van der Waals surface area contributed by atoms with E-state index >= 15 is 0 Å². The molecule has 65 heavy (non-hydrogen) atoms. The van der Waals surface area contributed by atoms with Crippen LogP contribution in [0.1, 0.15) is 65.5 Å². The highest BCUT2D eigenvalue weighted by molar-refractivity contribution is 7.90. The summed E-state index contributed by atoms with van der Waals surface area (Å²) in [7, 11) is -2.39. The lowest BCUT2D eigenvalue weighted by Crippen LogP contribution is -2.47. The minimum absolute atomic E-state index is 0.0924. The van der Waals surface area contributed by atoms with Crippen LogP contribution in [0.15, 0.2) is 108 Å². The Morgan fingerprint density at radius 1 is 0.877 bits per heavy atom. The van der Waals surface area contributed by atoms with Gasteiger partial charge in [0.05, 0.1) is 33.7 Å². The molecule has 5 heterocycles. The van der Waals surface area contributed by atoms with Crippen molar-refractivity contribution >= 4 is 55.4 Å². The second-order valence-corrected chi connectivity index (χ2v) is 19.2. The average molecular weight is 897 g/mol. The van der Waals surface area contributed by atoms with Gasteiger partial charge in [-0.2, -0.15) is 4.98 Å². The lowest BCUT2D eigenvalue weighted by molar-refractivity contribution is -0.384. The Labute approximate surface area is 377 Å². The van der Waals surface area contributed by atoms with E-state index in [1.165, 1.54) is 36.1 Å². The number of hydrogen-bond donors (Lipinski definition) is 3. The number of nitro benzene ring substituents is 1. The molecule has 1 atom stereocenters. The summed E-state index contributed by atoms with van der Waals surface area (Å²) in [5.74, 6) is 0.404. The van der Waals surface area contributed by atoms with Gasteiger partial charge in [-0.3, -0.25) is 14.9 Å². The molecule has 0 bridgehead atoms. The molecule has 4 aromatic carbocycles. The number of rotatable bonds is 12. The third-order valence-corrected chi connectivity index (χ3v) is 14.5. The van der Waals surface area contributed by atoms with Crippen molar-refractivity contribution in [3.05, 3.63) is 130 Å². The minimum Gasteiger partial charge on any atom is -0.476 e. The number of hydrogen-bond acceptors (Lipinski definition) is 12. The maximum atomic E-state index is 14.4. The third-order valence-electron chi connectivity index (χ3n) is 13.2. The summed E-state index contributed by atoms with van der Waals surface area (Å²) in [6.45, 7) is 5.34. The zero-order valence-corrected chi connectivity index (χ0v) is 37.1. The molecule has 2 saturated heterocycles. The Hall–Kier alpha value is -6.49. The molecule has 1 saturated carbocycles. The van der Waals surface area contributed by atoms with Crippen LogP contribution in [0.3, 0.4) is 0 Å². The smallest absolute Gasteiger partial charge is 0.293 e. The molecule has 1 unspecified atom stereocenters. The highest BCUT2D eigenvalue weighted by atomic mass is 32.2. The summed E-state index contributed by atoms with van der Waals surface area (Å²) < 4.78 is 41.7. The van der Waals surface area contributed by atoms with Crippen LogP contribution < -0.4 is 24.6 Å². The molecule has 336 valence electrons. The first-order chi connectivity index (χ1) is 31.6. The highest BCUT2D eigenvalue weighted by Gasteiger charge is 2.34. The van der Waals surface area contributed by atoms with E-state index in [9.17, 15) is 23.3 Å². The number of H-pyrrole nitrogens is 1. The van der Waals surface area contributed by atoms with Gasteiger partial charge in [-0.05, 0) is 122 Å². The number of fused-ring (bicyclic) bond motifs is 2. The van der Waals surface area contributed by atoms with Gasteiger partial charge in [0, 0.05) is 69.3 Å². The number of amides is 1. The second kappa shape index (κ2) is 17.8. The van der Waals surface area contributed by atoms with Gasteiger partial charge < -0.3 is 34.5 Å². The highest BCUT2D eigenvalue weighted by Crippen LogP contribution is 2.45. The molecule has 10 rings (SSSR count). The standard InChI is InChI=1S/C49H52N8O7S/c1-54-22-23-55(46(31-54)40-6-3-2-5-39(40)34-7-8-34)37-12-9-33(10-13-37)35-11-15-41(43(27-35)56-21-4-24-64-49-45(56)28-36-17-20-50-47(36)52-49)48(58)53-65(61,62)38-14-16-42(44(29-38)57(59)60)51-30-32-18-25-63-26-19-32/h2-3,5-6,9-17,20,27-29,32,34,46,51H,4,7-8,18-19,21-26,30-31H2,1H3,(H,50,52)(H,53,58). The van der Waals surface area contributed by atoms with Gasteiger partial charge in [0.25, 0.3) is 21.6 Å². The molecular weight excluding hydrogens is 845 g/mol. The molecule has 0 radical (unpaired) electrons. The molecule has 16 heteroatoms. The number of nitrogens with zero attached hydrogens (tertiary/aromatic N) is 5. The number of likely N-dealkylation sites (N-methyl/N-ethyl adjacent to an activating group) is 1. The number of pyridine rings is 1. The molecule has 4 aliphatic rings. The van der Waals surface area contributed by atoms with E-state index in [1.54, 1.807) is 12.3 Å². The molecule has 1 amide bonds. The number of anilines is 4. The first-order valence-electron chi connectivity index (χ1n) is 22.4. The Morgan fingerprint density at radius 2 is 1.66 bits per heavy atom. The number of nitro groups is 1. The van der Waals surface area contributed by atoms with E-state index in [4.69, 9.17) is 14.5 Å². The lowest BCUT2D eigenvalue weighted by Gasteiger charge is -2.42. The van der Waals surface area contributed by atoms with Crippen LogP contribution in [0.5, 0.6) is 5.88 Å². The number of aromatic nitrogens is 2. The molecule has 15 nitrogen and oxygen atoms in total. The van der Waals surface area contributed by atoms with E-state index in [0.29, 0.717) is 68.2 Å². The van der Waals surface area contributed by atoms with Gasteiger partial charge in [0.2, 0.25) is 5.88 Å². The molecule has 0 spiro atoms. The number of benzene rings is 4. The van der Waals surface area contributed by atoms with E-state index < -0.39 is 31.4 Å². The lowest BCUT2D eigenvalue weighted by atomic mass is 9.93. The fraction of sp³-hybridized carbons (Fsp3) is 0.347. The predicted molar refractivity (Wildman–Crippen MR) is 251 cm³/mol. The van der Waals surface area contributed by atoms with Crippen molar-refractivity contribution in [2.75, 3.05) is 74.7 Å². The van der Waals surface area contributed by atoms with Gasteiger partial charge in [-0.1, -0.05) is 42.5 Å². The fourth-order valence-corrected chi connectivity index (χ4v) is 10.5. The van der Waals surface area contributed by atoms with Crippen LogP contribution in [0.4, 0.5) is 28.4 Å². The van der Waals surface area contributed by atoms with E-state index in [1.807, 2.05) is 29.2 Å². The Bertz CT molecular complexity index is 2860. The molecule has 3 aliphatic heterocycles.